The third kappa shape index (κ3) is 4.88. The second kappa shape index (κ2) is 9.42. The predicted octanol–water partition coefficient (Wildman–Crippen LogP) is 0.898. The van der Waals surface area contributed by atoms with Crippen LogP contribution in [0.2, 0.25) is 0 Å². The molecule has 0 N–H and O–H groups in total. The Hall–Kier alpha value is -3.71. The molecule has 0 radical (unpaired) electrons. The topological polar surface area (TPSA) is 144 Å². The molecule has 1 atom stereocenters. The molecule has 0 spiro atoms. The van der Waals surface area contributed by atoms with Crippen LogP contribution in [0.5, 0.6) is 0 Å². The van der Waals surface area contributed by atoms with Gasteiger partial charge in [-0.3, -0.25) is 14.9 Å². The van der Waals surface area contributed by atoms with Gasteiger partial charge in [-0.25, -0.2) is 13.1 Å². The van der Waals surface area contributed by atoms with Gasteiger partial charge in [0.05, 0.1) is 9.82 Å². The minimum atomic E-state index is -3.83. The highest BCUT2D eigenvalue weighted by Crippen LogP contribution is 2.22. The number of benzene rings is 2. The molecule has 1 saturated heterocycles. The Morgan fingerprint density at radius 3 is 2.27 bits per heavy atom. The van der Waals surface area contributed by atoms with Crippen molar-refractivity contribution in [3.8, 4) is 0 Å². The van der Waals surface area contributed by atoms with Crippen LogP contribution in [0.25, 0.3) is 0 Å². The molecule has 1 aliphatic rings. The van der Waals surface area contributed by atoms with Gasteiger partial charge >= 0.3 is 0 Å². The number of carbonyl (C=O) groups is 1. The third-order valence-electron chi connectivity index (χ3n) is 5.48. The van der Waals surface area contributed by atoms with Gasteiger partial charge in [0.1, 0.15) is 12.4 Å². The zero-order valence-electron chi connectivity index (χ0n) is 17.5. The normalized spacial score (nSPS) is 15.8. The molecule has 1 aromatic heterocycles. The zero-order chi connectivity index (χ0) is 23.4. The monoisotopic (exact) mass is 471 g/mol. The molecule has 2 heterocycles. The number of hydrogen-bond acceptors (Lipinski definition) is 8. The summed E-state index contributed by atoms with van der Waals surface area (Å²) in [5, 5.41) is 22.0. The number of aromatic nitrogens is 4. The standard InChI is InChI=1S/C20H21N7O5S/c28-20(19(26-15-21-22-23-26)14-16-4-2-1-3-5-16)24-10-12-25(13-11-24)33(31,32)18-8-6-17(7-9-18)27(29)30/h1-9,15,19H,10-14H2. The van der Waals surface area contributed by atoms with Crippen LogP contribution in [-0.4, -0.2) is 74.8 Å². The maximum Gasteiger partial charge on any atom is 0.269 e. The number of tetrazole rings is 1. The molecule has 2 aromatic carbocycles. The van der Waals surface area contributed by atoms with Crippen LogP contribution in [0.15, 0.2) is 65.8 Å². The summed E-state index contributed by atoms with van der Waals surface area (Å²) in [7, 11) is -3.83. The van der Waals surface area contributed by atoms with E-state index in [-0.39, 0.29) is 42.7 Å². The number of nitrogens with zero attached hydrogens (tertiary/aromatic N) is 7. The first-order chi connectivity index (χ1) is 15.9. The predicted molar refractivity (Wildman–Crippen MR) is 115 cm³/mol. The lowest BCUT2D eigenvalue weighted by Crippen LogP contribution is -2.52. The van der Waals surface area contributed by atoms with Crippen LogP contribution < -0.4 is 0 Å². The van der Waals surface area contributed by atoms with Crippen molar-refractivity contribution in [1.82, 2.24) is 29.4 Å². The Bertz CT molecular complexity index is 1210. The van der Waals surface area contributed by atoms with Gasteiger partial charge in [0.25, 0.3) is 5.69 Å². The lowest BCUT2D eigenvalue weighted by molar-refractivity contribution is -0.384. The highest BCUT2D eigenvalue weighted by atomic mass is 32.2. The van der Waals surface area contributed by atoms with Crippen molar-refractivity contribution >= 4 is 21.6 Å². The first-order valence-corrected chi connectivity index (χ1v) is 11.6. The summed E-state index contributed by atoms with van der Waals surface area (Å²) in [4.78, 5) is 25.1. The Morgan fingerprint density at radius 2 is 1.70 bits per heavy atom. The fourth-order valence-electron chi connectivity index (χ4n) is 3.69. The van der Waals surface area contributed by atoms with E-state index in [1.165, 1.54) is 27.4 Å². The van der Waals surface area contributed by atoms with Crippen molar-refractivity contribution in [1.29, 1.82) is 0 Å². The number of sulfonamides is 1. The van der Waals surface area contributed by atoms with E-state index in [2.05, 4.69) is 15.5 Å². The van der Waals surface area contributed by atoms with Gasteiger partial charge in [-0.2, -0.15) is 4.31 Å². The number of non-ortho nitro benzene ring substituents is 1. The molecule has 3 aromatic rings. The average Bonchev–Trinajstić information content (AvgIpc) is 3.37. The highest BCUT2D eigenvalue weighted by Gasteiger charge is 2.34. The van der Waals surface area contributed by atoms with E-state index in [1.54, 1.807) is 4.90 Å². The van der Waals surface area contributed by atoms with Crippen LogP contribution >= 0.6 is 0 Å². The fraction of sp³-hybridized carbons (Fsp3) is 0.300. The van der Waals surface area contributed by atoms with Gasteiger partial charge in [0, 0.05) is 44.7 Å². The van der Waals surface area contributed by atoms with Crippen molar-refractivity contribution in [3.05, 3.63) is 76.6 Å². The lowest BCUT2D eigenvalue weighted by Gasteiger charge is -2.35. The number of rotatable bonds is 7. The van der Waals surface area contributed by atoms with Crippen LogP contribution in [0.3, 0.4) is 0 Å². The van der Waals surface area contributed by atoms with Gasteiger partial charge in [-0.05, 0) is 28.1 Å². The molecule has 4 rings (SSSR count). The number of carbonyl (C=O) groups excluding carboxylic acids is 1. The molecular weight excluding hydrogens is 450 g/mol. The minimum Gasteiger partial charge on any atom is -0.338 e. The van der Waals surface area contributed by atoms with E-state index in [1.807, 2.05) is 30.3 Å². The molecule has 12 nitrogen and oxygen atoms in total. The smallest absolute Gasteiger partial charge is 0.269 e. The summed E-state index contributed by atoms with van der Waals surface area (Å²) < 4.78 is 28.5. The molecule has 172 valence electrons. The van der Waals surface area contributed by atoms with Crippen LogP contribution in [0, 0.1) is 10.1 Å². The fourth-order valence-corrected chi connectivity index (χ4v) is 5.11. The molecule has 1 amide bonds. The van der Waals surface area contributed by atoms with Gasteiger partial charge in [-0.15, -0.1) is 5.10 Å². The number of piperazine rings is 1. The summed E-state index contributed by atoms with van der Waals surface area (Å²) in [5.41, 5.74) is 0.766. The first kappa shape index (κ1) is 22.5. The summed E-state index contributed by atoms with van der Waals surface area (Å²) in [5.74, 6) is -0.196. The number of nitro groups is 1. The van der Waals surface area contributed by atoms with Gasteiger partial charge in [-0.1, -0.05) is 30.3 Å². The first-order valence-electron chi connectivity index (χ1n) is 10.2. The Balaban J connectivity index is 1.45. The number of amides is 1. The van der Waals surface area contributed by atoms with Gasteiger partial charge < -0.3 is 4.90 Å². The Morgan fingerprint density at radius 1 is 1.03 bits per heavy atom. The Kier molecular flexibility index (Phi) is 6.42. The summed E-state index contributed by atoms with van der Waals surface area (Å²) in [6.45, 7) is 0.633. The maximum absolute atomic E-state index is 13.3. The molecular formula is C20H21N7O5S. The zero-order valence-corrected chi connectivity index (χ0v) is 18.3. The van der Waals surface area contributed by atoms with E-state index in [9.17, 15) is 23.3 Å². The second-order valence-corrected chi connectivity index (χ2v) is 9.41. The number of nitro benzene ring substituents is 1. The molecule has 0 bridgehead atoms. The molecule has 1 aliphatic heterocycles. The van der Waals surface area contributed by atoms with Crippen LogP contribution in [-0.2, 0) is 21.2 Å². The van der Waals surface area contributed by atoms with E-state index >= 15 is 0 Å². The molecule has 0 aliphatic carbocycles. The lowest BCUT2D eigenvalue weighted by atomic mass is 10.0. The molecule has 33 heavy (non-hydrogen) atoms. The molecule has 1 fully saturated rings. The van der Waals surface area contributed by atoms with Crippen molar-refractivity contribution in [2.24, 2.45) is 0 Å². The van der Waals surface area contributed by atoms with Crippen molar-refractivity contribution in [3.63, 3.8) is 0 Å². The largest absolute Gasteiger partial charge is 0.338 e. The van der Waals surface area contributed by atoms with Crippen molar-refractivity contribution in [2.45, 2.75) is 17.4 Å². The van der Waals surface area contributed by atoms with Crippen molar-refractivity contribution in [2.75, 3.05) is 26.2 Å². The van der Waals surface area contributed by atoms with Crippen LogP contribution in [0.1, 0.15) is 11.6 Å². The third-order valence-corrected chi connectivity index (χ3v) is 7.39. The summed E-state index contributed by atoms with van der Waals surface area (Å²) >= 11 is 0. The highest BCUT2D eigenvalue weighted by molar-refractivity contribution is 7.89. The maximum atomic E-state index is 13.3. The quantitative estimate of drug-likeness (QED) is 0.365. The molecule has 0 saturated carbocycles. The summed E-state index contributed by atoms with van der Waals surface area (Å²) in [6, 6.07) is 13.6. The van der Waals surface area contributed by atoms with Crippen molar-refractivity contribution < 1.29 is 18.1 Å². The van der Waals surface area contributed by atoms with Gasteiger partial charge in [0.2, 0.25) is 15.9 Å². The van der Waals surface area contributed by atoms with E-state index in [0.29, 0.717) is 6.42 Å². The van der Waals surface area contributed by atoms with E-state index < -0.39 is 21.0 Å². The van der Waals surface area contributed by atoms with Gasteiger partial charge in [0.15, 0.2) is 0 Å². The van der Waals surface area contributed by atoms with Crippen LogP contribution in [0.4, 0.5) is 5.69 Å². The molecule has 13 heteroatoms. The number of hydrogen-bond donors (Lipinski definition) is 0. The van der Waals surface area contributed by atoms with E-state index in [0.717, 1.165) is 17.7 Å². The molecule has 1 unspecified atom stereocenters. The van der Waals surface area contributed by atoms with E-state index in [4.69, 9.17) is 0 Å². The SMILES string of the molecule is O=C(C(Cc1ccccc1)n1cnnn1)N1CCN(S(=O)(=O)c2ccc([N+](=O)[O-])cc2)CC1. The average molecular weight is 471 g/mol. The summed E-state index contributed by atoms with van der Waals surface area (Å²) in [6.07, 6.45) is 1.78. The minimum absolute atomic E-state index is 0.0245. The Labute approximate surface area is 189 Å². The second-order valence-electron chi connectivity index (χ2n) is 7.48.